The zero-order valence-corrected chi connectivity index (χ0v) is 22.9. The van der Waals surface area contributed by atoms with Gasteiger partial charge in [-0.05, 0) is 18.4 Å². The molecule has 4 rings (SSSR count). The van der Waals surface area contributed by atoms with Gasteiger partial charge < -0.3 is 0 Å². The van der Waals surface area contributed by atoms with Crippen LogP contribution in [-0.4, -0.2) is 58.9 Å². The van der Waals surface area contributed by atoms with Gasteiger partial charge in [0, 0.05) is 23.0 Å². The summed E-state index contributed by atoms with van der Waals surface area (Å²) in [7, 11) is 0. The summed E-state index contributed by atoms with van der Waals surface area (Å²) in [6.07, 6.45) is -11.2. The van der Waals surface area contributed by atoms with Crippen LogP contribution in [0.15, 0.2) is 59.6 Å². The summed E-state index contributed by atoms with van der Waals surface area (Å²) >= 11 is 0. The molecule has 18 heteroatoms. The quantitative estimate of drug-likeness (QED) is 0.232. The molecule has 0 bridgehead atoms. The predicted octanol–water partition coefficient (Wildman–Crippen LogP) is 10.1. The van der Waals surface area contributed by atoms with E-state index in [1.54, 1.807) is 0 Å². The van der Waals surface area contributed by atoms with Crippen molar-refractivity contribution in [3.63, 3.8) is 0 Å². The monoisotopic (exact) mass is 693 g/mol. The van der Waals surface area contributed by atoms with Gasteiger partial charge in [0.2, 0.25) is 0 Å². The molecular formula is C28H20F17N. The molecule has 1 nitrogen and oxygen atoms in total. The fourth-order valence-corrected chi connectivity index (χ4v) is 6.07. The van der Waals surface area contributed by atoms with Gasteiger partial charge in [-0.15, -0.1) is 0 Å². The molecule has 2 aromatic rings. The first-order valence-electron chi connectivity index (χ1n) is 13.1. The molecule has 256 valence electrons. The molecule has 0 aromatic heterocycles. The van der Waals surface area contributed by atoms with Gasteiger partial charge in [0.1, 0.15) is 0 Å². The number of benzene rings is 2. The summed E-state index contributed by atoms with van der Waals surface area (Å²) in [6.45, 7) is 1.22. The number of halogens is 17. The van der Waals surface area contributed by atoms with Crippen molar-refractivity contribution in [3.8, 4) is 0 Å². The van der Waals surface area contributed by atoms with Crippen molar-refractivity contribution < 1.29 is 74.6 Å². The average molecular weight is 693 g/mol. The third-order valence-electron chi connectivity index (χ3n) is 8.75. The van der Waals surface area contributed by atoms with E-state index >= 15 is 8.78 Å². The molecule has 2 aromatic carbocycles. The van der Waals surface area contributed by atoms with Crippen LogP contribution in [0.2, 0.25) is 0 Å². The largest absolute Gasteiger partial charge is 0.460 e. The topological polar surface area (TPSA) is 12.4 Å². The molecule has 0 amide bonds. The molecule has 1 aliphatic carbocycles. The highest BCUT2D eigenvalue weighted by Crippen LogP contribution is 2.66. The Labute approximate surface area is 248 Å². The normalized spacial score (nSPS) is 23.6. The highest BCUT2D eigenvalue weighted by molar-refractivity contribution is 6.15. The van der Waals surface area contributed by atoms with Crippen LogP contribution < -0.4 is 0 Å². The first-order chi connectivity index (χ1) is 20.6. The number of aliphatic imine (C=N–C) groups is 1. The Balaban J connectivity index is 1.85. The smallest absolute Gasteiger partial charge is 0.276 e. The van der Waals surface area contributed by atoms with E-state index in [0.29, 0.717) is 0 Å². The van der Waals surface area contributed by atoms with E-state index in [1.807, 2.05) is 0 Å². The number of hydrogen-bond donors (Lipinski definition) is 0. The lowest BCUT2D eigenvalue weighted by Crippen LogP contribution is -2.74. The maximum atomic E-state index is 15.4. The molecule has 0 radical (unpaired) electrons. The number of nitrogens with zero attached hydrogens (tertiary/aromatic N) is 1. The van der Waals surface area contributed by atoms with Crippen molar-refractivity contribution in [1.82, 2.24) is 0 Å². The number of alkyl halides is 17. The molecule has 1 fully saturated rings. The van der Waals surface area contributed by atoms with Crippen LogP contribution in [0.3, 0.4) is 0 Å². The molecule has 0 saturated heterocycles. The number of hydrogen-bond acceptors (Lipinski definition) is 1. The van der Waals surface area contributed by atoms with Gasteiger partial charge in [-0.3, -0.25) is 4.99 Å². The van der Waals surface area contributed by atoms with Gasteiger partial charge in [0.15, 0.2) is 0 Å². The van der Waals surface area contributed by atoms with Crippen molar-refractivity contribution in [2.45, 2.75) is 91.2 Å². The Bertz CT molecular complexity index is 1490. The molecule has 2 aliphatic rings. The lowest BCUT2D eigenvalue weighted by atomic mass is 9.62. The van der Waals surface area contributed by atoms with Gasteiger partial charge in [0.25, 0.3) is 0 Å². The van der Waals surface area contributed by atoms with E-state index in [9.17, 15) is 65.9 Å². The van der Waals surface area contributed by atoms with E-state index in [-0.39, 0.29) is 35.2 Å². The van der Waals surface area contributed by atoms with Crippen LogP contribution >= 0.6 is 0 Å². The average Bonchev–Trinajstić information content (AvgIpc) is 3.27. The Morgan fingerprint density at radius 3 is 1.54 bits per heavy atom. The predicted molar refractivity (Wildman–Crippen MR) is 128 cm³/mol. The lowest BCUT2D eigenvalue weighted by molar-refractivity contribution is -0.462. The standard InChI is InChI=1S/C28H20F17N/c1-19-12-7-13-20(19,46-18(15-8-3-2-4-9-15)16-10-5-6-11-17(16)19)14-21(29,30)22(31,32)23(33,34)24(35,36)25(37,38)26(39,40)27(41,42)28(43,44)45/h2-6,8-11H,7,12-14H2,1H3. The highest BCUT2D eigenvalue weighted by atomic mass is 19.4. The van der Waals surface area contributed by atoms with E-state index in [0.717, 1.165) is 0 Å². The third-order valence-corrected chi connectivity index (χ3v) is 8.75. The molecule has 0 spiro atoms. The molecule has 46 heavy (non-hydrogen) atoms. The van der Waals surface area contributed by atoms with Crippen molar-refractivity contribution >= 4 is 5.71 Å². The van der Waals surface area contributed by atoms with Gasteiger partial charge in [-0.2, -0.15) is 74.6 Å². The van der Waals surface area contributed by atoms with Gasteiger partial charge >= 0.3 is 47.6 Å². The minimum atomic E-state index is -8.66. The second-order valence-corrected chi connectivity index (χ2v) is 11.4. The van der Waals surface area contributed by atoms with Crippen molar-refractivity contribution in [3.05, 3.63) is 71.3 Å². The summed E-state index contributed by atoms with van der Waals surface area (Å²) in [5.41, 5.74) is -3.74. The molecular weight excluding hydrogens is 673 g/mol. The SMILES string of the molecule is CC12CCCC1(CC(F)(F)C(F)(F)C(F)(F)C(F)(F)C(F)(F)C(F)(F)C(F)(F)C(F)(F)F)N=C(c1ccccc1)c1ccccc12. The number of rotatable bonds is 9. The number of fused-ring (bicyclic) bond motifs is 3. The van der Waals surface area contributed by atoms with Gasteiger partial charge in [-0.25, -0.2) is 0 Å². The summed E-state index contributed by atoms with van der Waals surface area (Å²) in [5, 5.41) is 0. The molecule has 1 heterocycles. The Kier molecular flexibility index (Phi) is 7.94. The van der Waals surface area contributed by atoms with E-state index in [1.165, 1.54) is 61.5 Å². The molecule has 1 aliphatic heterocycles. The van der Waals surface area contributed by atoms with Crippen molar-refractivity contribution in [2.24, 2.45) is 4.99 Å². The lowest BCUT2D eigenvalue weighted by Gasteiger charge is -2.49. The zero-order chi connectivity index (χ0) is 35.2. The van der Waals surface area contributed by atoms with Gasteiger partial charge in [0.05, 0.1) is 11.3 Å². The van der Waals surface area contributed by atoms with Crippen LogP contribution in [0, 0.1) is 0 Å². The van der Waals surface area contributed by atoms with Crippen molar-refractivity contribution in [2.75, 3.05) is 0 Å². The maximum Gasteiger partial charge on any atom is 0.460 e. The summed E-state index contributed by atoms with van der Waals surface area (Å²) < 4.78 is 237. The zero-order valence-electron chi connectivity index (χ0n) is 22.9. The fourth-order valence-electron chi connectivity index (χ4n) is 6.07. The van der Waals surface area contributed by atoms with Crippen molar-refractivity contribution in [1.29, 1.82) is 0 Å². The molecule has 1 saturated carbocycles. The Morgan fingerprint density at radius 2 is 1.02 bits per heavy atom. The van der Waals surface area contributed by atoms with E-state index < -0.39 is 71.4 Å². The molecule has 0 N–H and O–H groups in total. The third kappa shape index (κ3) is 4.46. The van der Waals surface area contributed by atoms with Gasteiger partial charge in [-0.1, -0.05) is 67.9 Å². The highest BCUT2D eigenvalue weighted by Gasteiger charge is 2.95. The first kappa shape index (κ1) is 35.8. The Hall–Kier alpha value is -3.08. The first-order valence-corrected chi connectivity index (χ1v) is 13.1. The van der Waals surface area contributed by atoms with E-state index in [4.69, 9.17) is 0 Å². The second-order valence-electron chi connectivity index (χ2n) is 11.4. The summed E-state index contributed by atoms with van der Waals surface area (Å²) in [5.74, 6) is -56.6. The van der Waals surface area contributed by atoms with Crippen LogP contribution in [0.25, 0.3) is 0 Å². The molecule has 2 atom stereocenters. The van der Waals surface area contributed by atoms with Crippen LogP contribution in [0.1, 0.15) is 49.3 Å². The second kappa shape index (κ2) is 10.2. The van der Waals surface area contributed by atoms with Crippen LogP contribution in [-0.2, 0) is 5.41 Å². The minimum absolute atomic E-state index is 0.0958. The van der Waals surface area contributed by atoms with Crippen LogP contribution in [0.4, 0.5) is 74.6 Å². The summed E-state index contributed by atoms with van der Waals surface area (Å²) in [4.78, 5) is 4.23. The van der Waals surface area contributed by atoms with Crippen LogP contribution in [0.5, 0.6) is 0 Å². The molecule has 2 unspecified atom stereocenters. The Morgan fingerprint density at radius 1 is 0.565 bits per heavy atom. The van der Waals surface area contributed by atoms with E-state index in [2.05, 4.69) is 4.99 Å². The minimum Gasteiger partial charge on any atom is -0.276 e. The fraction of sp³-hybridized carbons (Fsp3) is 0.536. The maximum absolute atomic E-state index is 15.4. The summed E-state index contributed by atoms with van der Waals surface area (Å²) in [6, 6.07) is 13.0.